The molecule has 1 aliphatic carbocycles. The molecule has 1 saturated carbocycles. The SMILES string of the molecule is CC(C)C1CCC(C#N)(CC2CCOCC2)CC1. The van der Waals surface area contributed by atoms with E-state index in [4.69, 9.17) is 4.74 Å². The molecule has 0 atom stereocenters. The van der Waals surface area contributed by atoms with Crippen LogP contribution in [0, 0.1) is 34.5 Å². The van der Waals surface area contributed by atoms with Crippen LogP contribution in [-0.2, 0) is 4.74 Å². The molecule has 0 aromatic rings. The van der Waals surface area contributed by atoms with Crippen LogP contribution in [0.4, 0.5) is 0 Å². The van der Waals surface area contributed by atoms with E-state index in [2.05, 4.69) is 19.9 Å². The topological polar surface area (TPSA) is 33.0 Å². The van der Waals surface area contributed by atoms with E-state index in [1.54, 1.807) is 0 Å². The number of rotatable bonds is 3. The van der Waals surface area contributed by atoms with Crippen molar-refractivity contribution >= 4 is 0 Å². The number of nitrogens with zero attached hydrogens (tertiary/aromatic N) is 1. The number of hydrogen-bond acceptors (Lipinski definition) is 2. The molecule has 2 rings (SSSR count). The van der Waals surface area contributed by atoms with Gasteiger partial charge in [0.05, 0.1) is 11.5 Å². The minimum absolute atomic E-state index is 0.00655. The van der Waals surface area contributed by atoms with Crippen LogP contribution in [0.25, 0.3) is 0 Å². The molecule has 2 aliphatic rings. The first-order chi connectivity index (χ1) is 8.65. The van der Waals surface area contributed by atoms with Crippen molar-refractivity contribution < 1.29 is 4.74 Å². The van der Waals surface area contributed by atoms with E-state index in [1.807, 2.05) is 0 Å². The second kappa shape index (κ2) is 6.06. The molecular weight excluding hydrogens is 222 g/mol. The predicted octanol–water partition coefficient (Wildman–Crippen LogP) is 4.16. The molecule has 0 spiro atoms. The quantitative estimate of drug-likeness (QED) is 0.752. The lowest BCUT2D eigenvalue weighted by molar-refractivity contribution is 0.0442. The van der Waals surface area contributed by atoms with Crippen molar-refractivity contribution in [3.05, 3.63) is 0 Å². The third-order valence-electron chi connectivity index (χ3n) is 5.19. The molecule has 0 unspecified atom stereocenters. The van der Waals surface area contributed by atoms with Crippen molar-refractivity contribution in [2.24, 2.45) is 23.2 Å². The standard InChI is InChI=1S/C16H27NO/c1-13(2)15-3-7-16(12-17,8-4-15)11-14-5-9-18-10-6-14/h13-15H,3-11H2,1-2H3. The van der Waals surface area contributed by atoms with Gasteiger partial charge in [0.25, 0.3) is 0 Å². The Kier molecular flexibility index (Phi) is 4.67. The van der Waals surface area contributed by atoms with E-state index in [0.717, 1.165) is 63.1 Å². The van der Waals surface area contributed by atoms with Gasteiger partial charge in [-0.15, -0.1) is 0 Å². The predicted molar refractivity (Wildman–Crippen MR) is 73.0 cm³/mol. The molecule has 102 valence electrons. The lowest BCUT2D eigenvalue weighted by Crippen LogP contribution is -2.31. The summed E-state index contributed by atoms with van der Waals surface area (Å²) in [6.45, 7) is 6.45. The summed E-state index contributed by atoms with van der Waals surface area (Å²) in [5, 5.41) is 9.62. The summed E-state index contributed by atoms with van der Waals surface area (Å²) in [5.41, 5.74) is -0.00655. The third-order valence-corrected chi connectivity index (χ3v) is 5.19. The van der Waals surface area contributed by atoms with Crippen LogP contribution >= 0.6 is 0 Å². The van der Waals surface area contributed by atoms with Gasteiger partial charge in [0.15, 0.2) is 0 Å². The number of nitriles is 1. The molecule has 1 heterocycles. The molecule has 0 bridgehead atoms. The van der Waals surface area contributed by atoms with Crippen molar-refractivity contribution in [3.63, 3.8) is 0 Å². The van der Waals surface area contributed by atoms with E-state index >= 15 is 0 Å². The van der Waals surface area contributed by atoms with Crippen LogP contribution in [-0.4, -0.2) is 13.2 Å². The smallest absolute Gasteiger partial charge is 0.0689 e. The maximum atomic E-state index is 9.62. The maximum Gasteiger partial charge on any atom is 0.0689 e. The average molecular weight is 249 g/mol. The van der Waals surface area contributed by atoms with Crippen molar-refractivity contribution in [2.75, 3.05) is 13.2 Å². The zero-order valence-corrected chi connectivity index (χ0v) is 12.0. The molecule has 2 nitrogen and oxygen atoms in total. The van der Waals surface area contributed by atoms with E-state index in [9.17, 15) is 5.26 Å². The Labute approximate surface area is 112 Å². The Morgan fingerprint density at radius 1 is 1.17 bits per heavy atom. The second-order valence-electron chi connectivity index (χ2n) is 6.73. The van der Waals surface area contributed by atoms with Crippen molar-refractivity contribution in [3.8, 4) is 6.07 Å². The maximum absolute atomic E-state index is 9.62. The molecule has 0 radical (unpaired) electrons. The first-order valence-corrected chi connectivity index (χ1v) is 7.64. The average Bonchev–Trinajstić information content (AvgIpc) is 2.40. The van der Waals surface area contributed by atoms with Gasteiger partial charge in [-0.2, -0.15) is 5.26 Å². The third kappa shape index (κ3) is 3.26. The minimum Gasteiger partial charge on any atom is -0.381 e. The zero-order chi connectivity index (χ0) is 13.0. The van der Waals surface area contributed by atoms with E-state index in [0.29, 0.717) is 0 Å². The Morgan fingerprint density at radius 3 is 2.28 bits per heavy atom. The highest BCUT2D eigenvalue weighted by Crippen LogP contribution is 2.46. The van der Waals surface area contributed by atoms with Crippen LogP contribution in [0.3, 0.4) is 0 Å². The molecular formula is C16H27NO. The lowest BCUT2D eigenvalue weighted by atomic mass is 9.65. The van der Waals surface area contributed by atoms with Crippen LogP contribution < -0.4 is 0 Å². The molecule has 0 aromatic heterocycles. The lowest BCUT2D eigenvalue weighted by Gasteiger charge is -2.39. The Bertz CT molecular complexity index is 291. The molecule has 0 N–H and O–H groups in total. The van der Waals surface area contributed by atoms with Gasteiger partial charge >= 0.3 is 0 Å². The number of hydrogen-bond donors (Lipinski definition) is 0. The second-order valence-corrected chi connectivity index (χ2v) is 6.73. The van der Waals surface area contributed by atoms with Crippen molar-refractivity contribution in [1.29, 1.82) is 5.26 Å². The first-order valence-electron chi connectivity index (χ1n) is 7.64. The molecule has 0 amide bonds. The van der Waals surface area contributed by atoms with Gasteiger partial charge in [-0.05, 0) is 62.7 Å². The van der Waals surface area contributed by atoms with Gasteiger partial charge < -0.3 is 4.74 Å². The fraction of sp³-hybridized carbons (Fsp3) is 0.938. The summed E-state index contributed by atoms with van der Waals surface area (Å²) in [6.07, 6.45) is 8.22. The summed E-state index contributed by atoms with van der Waals surface area (Å²) in [4.78, 5) is 0. The summed E-state index contributed by atoms with van der Waals surface area (Å²) in [5.74, 6) is 2.36. The van der Waals surface area contributed by atoms with Gasteiger partial charge in [0, 0.05) is 13.2 Å². The van der Waals surface area contributed by atoms with Crippen molar-refractivity contribution in [2.45, 2.75) is 58.8 Å². The molecule has 1 aliphatic heterocycles. The van der Waals surface area contributed by atoms with Crippen LogP contribution in [0.2, 0.25) is 0 Å². The molecule has 0 aromatic carbocycles. The molecule has 2 heteroatoms. The van der Waals surface area contributed by atoms with Gasteiger partial charge in [-0.3, -0.25) is 0 Å². The van der Waals surface area contributed by atoms with E-state index < -0.39 is 0 Å². The van der Waals surface area contributed by atoms with Crippen molar-refractivity contribution in [1.82, 2.24) is 0 Å². The summed E-state index contributed by atoms with van der Waals surface area (Å²) >= 11 is 0. The molecule has 2 fully saturated rings. The fourth-order valence-corrected chi connectivity index (χ4v) is 3.72. The minimum atomic E-state index is -0.00655. The van der Waals surface area contributed by atoms with E-state index in [-0.39, 0.29) is 5.41 Å². The van der Waals surface area contributed by atoms with Gasteiger partial charge in [0.1, 0.15) is 0 Å². The highest BCUT2D eigenvalue weighted by molar-refractivity contribution is 5.02. The molecule has 18 heavy (non-hydrogen) atoms. The van der Waals surface area contributed by atoms with Gasteiger partial charge in [-0.1, -0.05) is 13.8 Å². The van der Waals surface area contributed by atoms with Gasteiger partial charge in [0.2, 0.25) is 0 Å². The highest BCUT2D eigenvalue weighted by Gasteiger charge is 2.38. The number of ether oxygens (including phenoxy) is 1. The Hall–Kier alpha value is -0.550. The largest absolute Gasteiger partial charge is 0.381 e. The Morgan fingerprint density at radius 2 is 1.78 bits per heavy atom. The van der Waals surface area contributed by atoms with Crippen LogP contribution in [0.1, 0.15) is 58.8 Å². The fourth-order valence-electron chi connectivity index (χ4n) is 3.72. The Balaban J connectivity index is 1.90. The van der Waals surface area contributed by atoms with E-state index in [1.165, 1.54) is 12.8 Å². The zero-order valence-electron chi connectivity index (χ0n) is 12.0. The van der Waals surface area contributed by atoms with Gasteiger partial charge in [-0.25, -0.2) is 0 Å². The summed E-state index contributed by atoms with van der Waals surface area (Å²) < 4.78 is 5.42. The monoisotopic (exact) mass is 249 g/mol. The first kappa shape index (κ1) is 13.9. The summed E-state index contributed by atoms with van der Waals surface area (Å²) in [6, 6.07) is 2.68. The highest BCUT2D eigenvalue weighted by atomic mass is 16.5. The normalized spacial score (nSPS) is 34.4. The molecule has 1 saturated heterocycles. The van der Waals surface area contributed by atoms with Crippen LogP contribution in [0.15, 0.2) is 0 Å². The van der Waals surface area contributed by atoms with Crippen LogP contribution in [0.5, 0.6) is 0 Å². The summed E-state index contributed by atoms with van der Waals surface area (Å²) in [7, 11) is 0.